The normalized spacial score (nSPS) is 7.94. The smallest absolute Gasteiger partial charge is 0.407 e. The third-order valence-electron chi connectivity index (χ3n) is 0.817. The molecule has 0 heterocycles. The molecule has 0 unspecified atom stereocenters. The van der Waals surface area contributed by atoms with Gasteiger partial charge in [0.25, 0.3) is 5.97 Å². The average Bonchev–Trinajstić information content (AvgIpc) is 2.19. The predicted octanol–water partition coefficient (Wildman–Crippen LogP) is 1.68. The first-order valence-corrected chi connectivity index (χ1v) is 4.48. The maximum Gasteiger partial charge on any atom is 0.407 e. The van der Waals surface area contributed by atoms with Gasteiger partial charge in [0.05, 0.1) is 0 Å². The van der Waals surface area contributed by atoms with Crippen LogP contribution in [0.4, 0.5) is 4.79 Å². The summed E-state index contributed by atoms with van der Waals surface area (Å²) in [6, 6.07) is 0. The molecule has 0 fully saturated rings. The molecule has 0 aromatic heterocycles. The van der Waals surface area contributed by atoms with Crippen LogP contribution in [-0.4, -0.2) is 29.8 Å². The number of ether oxygens (including phenoxy) is 1. The molecule has 6 heteroatoms. The second-order valence-corrected chi connectivity index (χ2v) is 3.40. The number of carbonyl (C=O) groups is 2. The van der Waals surface area contributed by atoms with E-state index < -0.39 is 5.97 Å². The fourth-order valence-corrected chi connectivity index (χ4v) is 0.329. The number of aliphatic carboxylic acids is 1. The first kappa shape index (κ1) is 25.0. The summed E-state index contributed by atoms with van der Waals surface area (Å²) in [7, 11) is 1.54. The van der Waals surface area contributed by atoms with Gasteiger partial charge in [0.1, 0.15) is 5.60 Å². The Bertz CT molecular complexity index is 221. The van der Waals surface area contributed by atoms with Crippen molar-refractivity contribution in [3.05, 3.63) is 6.92 Å². The van der Waals surface area contributed by atoms with Crippen molar-refractivity contribution in [3.63, 3.8) is 0 Å². The van der Waals surface area contributed by atoms with E-state index in [9.17, 15) is 9.59 Å². The first-order chi connectivity index (χ1) is 7.22. The average molecular weight is 416 g/mol. The van der Waals surface area contributed by atoms with Crippen molar-refractivity contribution in [2.24, 2.45) is 0 Å². The van der Waals surface area contributed by atoms with E-state index in [1.807, 2.05) is 20.8 Å². The molecule has 0 aromatic rings. The molecule has 2 N–H and O–H groups in total. The molecule has 0 saturated carbocycles. The van der Waals surface area contributed by atoms with E-state index in [0.29, 0.717) is 0 Å². The fraction of sp³-hybridized carbons (Fsp3) is 0.545. The summed E-state index contributed by atoms with van der Waals surface area (Å²) in [5.41, 5.74) is -0.389. The predicted molar refractivity (Wildman–Crippen MR) is 62.8 cm³/mol. The van der Waals surface area contributed by atoms with Crippen LogP contribution in [0.5, 0.6) is 0 Å². The molecule has 0 aromatic carbocycles. The third-order valence-corrected chi connectivity index (χ3v) is 0.817. The molecule has 17 heavy (non-hydrogen) atoms. The molecule has 101 valence electrons. The number of hydrogen-bond acceptors (Lipinski definition) is 3. The second kappa shape index (κ2) is 15.0. The maximum atomic E-state index is 10.5. The summed E-state index contributed by atoms with van der Waals surface area (Å²) in [4.78, 5) is 19.8. The first-order valence-electron chi connectivity index (χ1n) is 4.48. The number of amides is 1. The standard InChI is InChI=1S/C6H13NO2.C3H5O2.C2H2.Re/c1-6(2,3)9-5(8)7-4;1-2-3(4)5;1-2;/h1-4H3,(H,7,8);1-2H2,(H,4,5);1-2H;/q;-1;;. The van der Waals surface area contributed by atoms with Crippen LogP contribution in [-0.2, 0) is 30.0 Å². The summed E-state index contributed by atoms with van der Waals surface area (Å²) in [5.74, 6) is -0.856. The molecule has 0 aliphatic heterocycles. The van der Waals surface area contributed by atoms with Crippen LogP contribution in [0.3, 0.4) is 0 Å². The zero-order valence-corrected chi connectivity index (χ0v) is 13.3. The van der Waals surface area contributed by atoms with Crippen molar-refractivity contribution < 1.29 is 39.9 Å². The van der Waals surface area contributed by atoms with Crippen molar-refractivity contribution in [3.8, 4) is 12.8 Å². The molecule has 0 aliphatic rings. The number of terminal acetylenes is 1. The van der Waals surface area contributed by atoms with Crippen molar-refractivity contribution in [2.45, 2.75) is 32.8 Å². The minimum atomic E-state index is -0.856. The molecule has 0 rings (SSSR count). The summed E-state index contributed by atoms with van der Waals surface area (Å²) >= 11 is 0. The topological polar surface area (TPSA) is 75.6 Å². The summed E-state index contributed by atoms with van der Waals surface area (Å²) in [5, 5.41) is 10.0. The van der Waals surface area contributed by atoms with Crippen LogP contribution in [0.25, 0.3) is 0 Å². The van der Waals surface area contributed by atoms with Crippen LogP contribution < -0.4 is 5.32 Å². The van der Waals surface area contributed by atoms with Gasteiger partial charge in [-0.25, -0.2) is 4.79 Å². The zero-order valence-electron chi connectivity index (χ0n) is 10.6. The molecule has 0 aliphatic carbocycles. The SMILES string of the molecule is C#C.CNC(=O)OC(C)(C)C.[CH2-]CC(=O)O.[Re]. The van der Waals surface area contributed by atoms with E-state index in [0.717, 1.165) is 0 Å². The Morgan fingerprint density at radius 1 is 1.35 bits per heavy atom. The van der Waals surface area contributed by atoms with Crippen LogP contribution in [0, 0.1) is 19.8 Å². The van der Waals surface area contributed by atoms with E-state index in [-0.39, 0.29) is 38.5 Å². The van der Waals surface area contributed by atoms with Crippen LogP contribution in [0.15, 0.2) is 0 Å². The Balaban J connectivity index is -0.0000000910. The Morgan fingerprint density at radius 2 is 1.65 bits per heavy atom. The van der Waals surface area contributed by atoms with Crippen LogP contribution >= 0.6 is 0 Å². The van der Waals surface area contributed by atoms with E-state index >= 15 is 0 Å². The van der Waals surface area contributed by atoms with Crippen molar-refractivity contribution in [2.75, 3.05) is 7.05 Å². The van der Waals surface area contributed by atoms with Crippen LogP contribution in [0.2, 0.25) is 0 Å². The van der Waals surface area contributed by atoms with Gasteiger partial charge >= 0.3 is 6.09 Å². The third kappa shape index (κ3) is 39.7. The number of nitrogens with one attached hydrogen (secondary N) is 1. The van der Waals surface area contributed by atoms with Gasteiger partial charge in [-0.15, -0.1) is 12.8 Å². The van der Waals surface area contributed by atoms with E-state index in [4.69, 9.17) is 9.84 Å². The molecule has 0 atom stereocenters. The van der Waals surface area contributed by atoms with E-state index in [1.165, 1.54) is 7.05 Å². The largest absolute Gasteiger partial charge is 0.483 e. The molecule has 0 saturated heterocycles. The van der Waals surface area contributed by atoms with Gasteiger partial charge in [0, 0.05) is 27.5 Å². The Labute approximate surface area is 117 Å². The molecule has 1 amide bonds. The molecule has 5 nitrogen and oxygen atoms in total. The van der Waals surface area contributed by atoms with Gasteiger partial charge in [-0.3, -0.25) is 4.79 Å². The van der Waals surface area contributed by atoms with Gasteiger partial charge in [-0.05, 0) is 20.8 Å². The van der Waals surface area contributed by atoms with Gasteiger partial charge < -0.3 is 22.1 Å². The van der Waals surface area contributed by atoms with Gasteiger partial charge in [0.15, 0.2) is 0 Å². The summed E-state index contributed by atoms with van der Waals surface area (Å²) < 4.78 is 4.84. The number of rotatable bonds is 1. The van der Waals surface area contributed by atoms with E-state index in [1.54, 1.807) is 0 Å². The van der Waals surface area contributed by atoms with Gasteiger partial charge in [0.2, 0.25) is 0 Å². The van der Waals surface area contributed by atoms with E-state index in [2.05, 4.69) is 25.1 Å². The Kier molecular flexibility index (Phi) is 22.0. The quantitative estimate of drug-likeness (QED) is 0.504. The minimum absolute atomic E-state index is 0. The Hall–Kier alpha value is -1.04. The summed E-state index contributed by atoms with van der Waals surface area (Å²) in [6.07, 6.45) is 7.59. The number of alkyl carbamates (subject to hydrolysis) is 1. The van der Waals surface area contributed by atoms with Crippen molar-refractivity contribution in [1.82, 2.24) is 5.32 Å². The van der Waals surface area contributed by atoms with Crippen molar-refractivity contribution >= 4 is 12.1 Å². The van der Waals surface area contributed by atoms with Gasteiger partial charge in [-0.1, -0.05) is 6.42 Å². The molecule has 0 bridgehead atoms. The molecular weight excluding hydrogens is 396 g/mol. The molecular formula is C11H20NO4Re-. The number of carbonyl (C=O) groups excluding carboxylic acids is 1. The molecule has 0 spiro atoms. The van der Waals surface area contributed by atoms with Crippen LogP contribution in [0.1, 0.15) is 27.2 Å². The van der Waals surface area contributed by atoms with Crippen molar-refractivity contribution in [1.29, 1.82) is 0 Å². The molecule has 1 radical (unpaired) electrons. The second-order valence-electron chi connectivity index (χ2n) is 3.40. The minimum Gasteiger partial charge on any atom is -0.483 e. The van der Waals surface area contributed by atoms with Gasteiger partial charge in [-0.2, -0.15) is 0 Å². The summed E-state index contributed by atoms with van der Waals surface area (Å²) in [6.45, 7) is 8.55. The number of hydrogen-bond donors (Lipinski definition) is 2. The monoisotopic (exact) mass is 417 g/mol. The maximum absolute atomic E-state index is 10.5. The Morgan fingerprint density at radius 3 is 1.71 bits per heavy atom. The number of carboxylic acids is 1. The fourth-order valence-electron chi connectivity index (χ4n) is 0.329. The number of carboxylic acid groups (broad SMARTS) is 1. The zero-order chi connectivity index (χ0) is 13.8.